The molecule has 1 saturated heterocycles. The van der Waals surface area contributed by atoms with Gasteiger partial charge in [-0.05, 0) is 72.2 Å². The lowest BCUT2D eigenvalue weighted by molar-refractivity contribution is -0.128. The molecule has 0 spiro atoms. The quantitative estimate of drug-likeness (QED) is 0.311. The van der Waals surface area contributed by atoms with E-state index in [2.05, 4.69) is 15.3 Å². The standard InChI is InChI=1S/C30H25ClF3IN6O3/c31-23-4-2-1-3-22(23)26(27(43)38-19-7-10-30(33,34)11-8-19)40(21-14-17(32)13-18(35)15-21)28(44)24-5-6-25(42)41(24)29-37-12-9-20(16-36)39-29/h1-4,9,12-15,19,24,26H,5-8,10-11H2,(H,38,43)/t24-,26-/m0/s1. The number of alkyl halides is 2. The van der Waals surface area contributed by atoms with E-state index >= 15 is 0 Å². The summed E-state index contributed by atoms with van der Waals surface area (Å²) in [6.07, 6.45) is 0.503. The molecule has 2 aliphatic rings. The number of nitrogens with one attached hydrogen (secondary N) is 1. The smallest absolute Gasteiger partial charge is 0.251 e. The maximum atomic E-state index is 14.9. The van der Waals surface area contributed by atoms with Gasteiger partial charge in [-0.15, -0.1) is 0 Å². The molecule has 2 fully saturated rings. The van der Waals surface area contributed by atoms with Crippen molar-refractivity contribution in [2.24, 2.45) is 0 Å². The van der Waals surface area contributed by atoms with Crippen LogP contribution in [0, 0.1) is 20.7 Å². The summed E-state index contributed by atoms with van der Waals surface area (Å²) in [6, 6.07) is 10.1. The van der Waals surface area contributed by atoms with E-state index in [-0.39, 0.29) is 53.6 Å². The van der Waals surface area contributed by atoms with E-state index in [0.29, 0.717) is 3.57 Å². The first kappa shape index (κ1) is 31.6. The number of nitrogens with zero attached hydrogens (tertiary/aromatic N) is 5. The van der Waals surface area contributed by atoms with E-state index in [1.165, 1.54) is 30.5 Å². The number of amides is 3. The van der Waals surface area contributed by atoms with Gasteiger partial charge in [0, 0.05) is 51.3 Å². The molecule has 1 aliphatic carbocycles. The zero-order valence-electron chi connectivity index (χ0n) is 23.0. The van der Waals surface area contributed by atoms with Crippen molar-refractivity contribution in [2.75, 3.05) is 9.80 Å². The Hall–Kier alpha value is -3.77. The number of halogens is 5. The summed E-state index contributed by atoms with van der Waals surface area (Å²) in [7, 11) is 0. The molecule has 1 aromatic heterocycles. The number of hydrogen-bond donors (Lipinski definition) is 1. The van der Waals surface area contributed by atoms with E-state index in [1.54, 1.807) is 18.2 Å². The summed E-state index contributed by atoms with van der Waals surface area (Å²) < 4.78 is 43.0. The van der Waals surface area contributed by atoms with Crippen LogP contribution in [0.15, 0.2) is 54.7 Å². The topological polar surface area (TPSA) is 119 Å². The molecule has 5 rings (SSSR count). The van der Waals surface area contributed by atoms with Gasteiger partial charge in [0.1, 0.15) is 29.7 Å². The zero-order valence-corrected chi connectivity index (χ0v) is 25.9. The minimum atomic E-state index is -2.83. The lowest BCUT2D eigenvalue weighted by atomic mass is 9.91. The van der Waals surface area contributed by atoms with Crippen molar-refractivity contribution in [1.82, 2.24) is 15.3 Å². The number of benzene rings is 2. The Morgan fingerprint density at radius 1 is 1.16 bits per heavy atom. The third-order valence-corrected chi connectivity index (χ3v) is 8.57. The molecule has 0 unspecified atom stereocenters. The second kappa shape index (κ2) is 13.1. The van der Waals surface area contributed by atoms with Gasteiger partial charge in [-0.25, -0.2) is 23.1 Å². The van der Waals surface area contributed by atoms with Crippen LogP contribution >= 0.6 is 34.2 Å². The van der Waals surface area contributed by atoms with Crippen LogP contribution in [0.1, 0.15) is 55.8 Å². The first-order chi connectivity index (χ1) is 21.0. The van der Waals surface area contributed by atoms with Crippen LogP contribution in [0.4, 0.5) is 24.8 Å². The molecule has 3 amide bonds. The SMILES string of the molecule is N#Cc1ccnc(N2C(=O)CC[C@H]2C(=O)N(c2cc(F)cc(I)c2)[C@H](C(=O)NC2CCC(F)(F)CC2)c2ccccc2Cl)n1. The minimum absolute atomic E-state index is 0.0145. The molecule has 1 aliphatic heterocycles. The number of aromatic nitrogens is 2. The van der Waals surface area contributed by atoms with E-state index < -0.39 is 60.4 Å². The van der Waals surface area contributed by atoms with E-state index in [1.807, 2.05) is 28.7 Å². The van der Waals surface area contributed by atoms with Crippen LogP contribution in [0.5, 0.6) is 0 Å². The third-order valence-electron chi connectivity index (χ3n) is 7.60. The highest BCUT2D eigenvalue weighted by Crippen LogP contribution is 2.38. The van der Waals surface area contributed by atoms with E-state index in [9.17, 15) is 32.8 Å². The zero-order chi connectivity index (χ0) is 31.6. The first-order valence-corrected chi connectivity index (χ1v) is 15.2. The Kier molecular flexibility index (Phi) is 9.40. The van der Waals surface area contributed by atoms with Crippen LogP contribution < -0.4 is 15.1 Å². The van der Waals surface area contributed by atoms with Gasteiger partial charge in [0.15, 0.2) is 0 Å². The lowest BCUT2D eigenvalue weighted by Gasteiger charge is -2.37. The summed E-state index contributed by atoms with van der Waals surface area (Å²) in [5.41, 5.74) is 0.198. The summed E-state index contributed by atoms with van der Waals surface area (Å²) >= 11 is 8.45. The molecular formula is C30H25ClF3IN6O3. The number of nitriles is 1. The monoisotopic (exact) mass is 736 g/mol. The van der Waals surface area contributed by atoms with Crippen molar-refractivity contribution in [3.05, 3.63) is 80.4 Å². The van der Waals surface area contributed by atoms with Crippen LogP contribution in [-0.4, -0.2) is 45.7 Å². The molecule has 1 N–H and O–H groups in total. The highest BCUT2D eigenvalue weighted by atomic mass is 127. The van der Waals surface area contributed by atoms with Crippen LogP contribution in [0.2, 0.25) is 5.02 Å². The number of anilines is 2. The summed E-state index contributed by atoms with van der Waals surface area (Å²) in [4.78, 5) is 52.2. The van der Waals surface area contributed by atoms with E-state index in [0.717, 1.165) is 15.9 Å². The summed E-state index contributed by atoms with van der Waals surface area (Å²) in [5.74, 6) is -5.61. The van der Waals surface area contributed by atoms with Crippen molar-refractivity contribution >= 4 is 63.5 Å². The number of carbonyl (C=O) groups excluding carboxylic acids is 3. The third kappa shape index (κ3) is 6.81. The van der Waals surface area contributed by atoms with Gasteiger partial charge in [0.2, 0.25) is 23.7 Å². The molecule has 9 nitrogen and oxygen atoms in total. The minimum Gasteiger partial charge on any atom is -0.351 e. The van der Waals surface area contributed by atoms with E-state index in [4.69, 9.17) is 11.6 Å². The molecule has 228 valence electrons. The predicted octanol–water partition coefficient (Wildman–Crippen LogP) is 5.71. The van der Waals surface area contributed by atoms with Crippen LogP contribution in [0.3, 0.4) is 0 Å². The molecule has 14 heteroatoms. The first-order valence-electron chi connectivity index (χ1n) is 13.7. The average molecular weight is 737 g/mol. The fraction of sp³-hybridized carbons (Fsp3) is 0.333. The second-order valence-corrected chi connectivity index (χ2v) is 12.2. The van der Waals surface area contributed by atoms with Crippen molar-refractivity contribution in [2.45, 2.75) is 62.6 Å². The molecule has 2 atom stereocenters. The Labute approximate surface area is 269 Å². The van der Waals surface area contributed by atoms with Gasteiger partial charge in [0.25, 0.3) is 5.91 Å². The Bertz CT molecular complexity index is 1620. The van der Waals surface area contributed by atoms with Gasteiger partial charge in [-0.3, -0.25) is 24.2 Å². The van der Waals surface area contributed by atoms with Crippen LogP contribution in [0.25, 0.3) is 0 Å². The number of carbonyl (C=O) groups is 3. The molecular weight excluding hydrogens is 712 g/mol. The van der Waals surface area contributed by atoms with Crippen molar-refractivity contribution < 1.29 is 27.6 Å². The van der Waals surface area contributed by atoms with Crippen molar-refractivity contribution in [1.29, 1.82) is 5.26 Å². The molecule has 3 aromatic rings. The van der Waals surface area contributed by atoms with Gasteiger partial charge in [-0.1, -0.05) is 29.8 Å². The molecule has 1 saturated carbocycles. The Balaban J connectivity index is 1.61. The van der Waals surface area contributed by atoms with Crippen molar-refractivity contribution in [3.63, 3.8) is 0 Å². The fourth-order valence-electron chi connectivity index (χ4n) is 5.50. The highest BCUT2D eigenvalue weighted by molar-refractivity contribution is 14.1. The average Bonchev–Trinajstić information content (AvgIpc) is 3.38. The summed E-state index contributed by atoms with van der Waals surface area (Å²) in [5, 5.41) is 12.3. The van der Waals surface area contributed by atoms with Gasteiger partial charge in [-0.2, -0.15) is 5.26 Å². The largest absolute Gasteiger partial charge is 0.351 e. The number of rotatable bonds is 7. The molecule has 44 heavy (non-hydrogen) atoms. The molecule has 2 aromatic carbocycles. The molecule has 0 radical (unpaired) electrons. The maximum absolute atomic E-state index is 14.9. The van der Waals surface area contributed by atoms with Gasteiger partial charge < -0.3 is 5.32 Å². The van der Waals surface area contributed by atoms with Crippen molar-refractivity contribution in [3.8, 4) is 6.07 Å². The Morgan fingerprint density at radius 2 is 1.89 bits per heavy atom. The Morgan fingerprint density at radius 3 is 2.57 bits per heavy atom. The molecule has 0 bridgehead atoms. The predicted molar refractivity (Wildman–Crippen MR) is 163 cm³/mol. The second-order valence-electron chi connectivity index (χ2n) is 10.6. The normalized spacial score (nSPS) is 18.9. The maximum Gasteiger partial charge on any atom is 0.251 e. The fourth-order valence-corrected chi connectivity index (χ4v) is 6.35. The van der Waals surface area contributed by atoms with Gasteiger partial charge in [0.05, 0.1) is 0 Å². The lowest BCUT2D eigenvalue weighted by Crippen LogP contribution is -2.53. The highest BCUT2D eigenvalue weighted by Gasteiger charge is 2.45. The number of hydrogen-bond acceptors (Lipinski definition) is 6. The summed E-state index contributed by atoms with van der Waals surface area (Å²) in [6.45, 7) is 0. The van der Waals surface area contributed by atoms with Gasteiger partial charge >= 0.3 is 0 Å². The molecule has 2 heterocycles. The van der Waals surface area contributed by atoms with Crippen LogP contribution in [-0.2, 0) is 14.4 Å².